The molecule has 0 heterocycles. The molecule has 112 valence electrons. The summed E-state index contributed by atoms with van der Waals surface area (Å²) >= 11 is 1.76. The van der Waals surface area contributed by atoms with Gasteiger partial charge in [-0.05, 0) is 28.7 Å². The molecule has 0 saturated heterocycles. The maximum Gasteiger partial charge on any atom is 0.326 e. The molecule has 0 fully saturated rings. The topological polar surface area (TPSA) is 147 Å². The normalized spacial score (nSPS) is 11.5. The van der Waals surface area contributed by atoms with Crippen molar-refractivity contribution in [3.63, 3.8) is 0 Å². The number of non-ortho nitro benzene ring substituents is 1. The minimum absolute atomic E-state index is 0.0959. The lowest BCUT2D eigenvalue weighted by molar-refractivity contribution is -0.384. The van der Waals surface area contributed by atoms with Gasteiger partial charge in [0, 0.05) is 15.7 Å². The van der Waals surface area contributed by atoms with Crippen LogP contribution < -0.4 is 5.32 Å². The van der Waals surface area contributed by atoms with E-state index in [0.29, 0.717) is 3.57 Å². The molecule has 1 unspecified atom stereocenters. The molecular weight excluding hydrogens is 399 g/mol. The number of carboxylic acids is 2. The van der Waals surface area contributed by atoms with Gasteiger partial charge in [-0.2, -0.15) is 0 Å². The number of nitrogens with zero attached hydrogens (tertiary/aromatic N) is 1. The Balaban J connectivity index is 3.02. The maximum absolute atomic E-state index is 11.9. The molecular formula is C11H9IN2O7. The molecule has 9 nitrogen and oxygen atoms in total. The summed E-state index contributed by atoms with van der Waals surface area (Å²) in [4.78, 5) is 43.3. The van der Waals surface area contributed by atoms with Gasteiger partial charge in [0.2, 0.25) is 0 Å². The van der Waals surface area contributed by atoms with E-state index in [9.17, 15) is 24.5 Å². The Morgan fingerprint density at radius 2 is 1.95 bits per heavy atom. The first-order chi connectivity index (χ1) is 9.72. The number of carbonyl (C=O) groups excluding carboxylic acids is 1. The lowest BCUT2D eigenvalue weighted by atomic mass is 10.1. The molecule has 1 atom stereocenters. The van der Waals surface area contributed by atoms with Gasteiger partial charge in [0.1, 0.15) is 6.04 Å². The second-order valence-corrected chi connectivity index (χ2v) is 5.05. The SMILES string of the molecule is O=C(O)CC(NC(=O)c1cc([N+](=O)[O-])ccc1I)C(=O)O. The Labute approximate surface area is 131 Å². The first-order valence-corrected chi connectivity index (χ1v) is 6.49. The first-order valence-electron chi connectivity index (χ1n) is 5.41. The molecule has 3 N–H and O–H groups in total. The molecule has 0 aliphatic heterocycles. The van der Waals surface area contributed by atoms with Crippen LogP contribution in [0.4, 0.5) is 5.69 Å². The highest BCUT2D eigenvalue weighted by Crippen LogP contribution is 2.19. The van der Waals surface area contributed by atoms with Crippen LogP contribution in [-0.4, -0.2) is 39.0 Å². The number of hydrogen-bond donors (Lipinski definition) is 3. The van der Waals surface area contributed by atoms with E-state index in [0.717, 1.165) is 6.07 Å². The van der Waals surface area contributed by atoms with Gasteiger partial charge < -0.3 is 15.5 Å². The summed E-state index contributed by atoms with van der Waals surface area (Å²) < 4.78 is 0.371. The number of carbonyl (C=O) groups is 3. The largest absolute Gasteiger partial charge is 0.481 e. The lowest BCUT2D eigenvalue weighted by Crippen LogP contribution is -2.42. The van der Waals surface area contributed by atoms with Gasteiger partial charge in [-0.15, -0.1) is 0 Å². The number of nitro groups is 1. The van der Waals surface area contributed by atoms with Gasteiger partial charge >= 0.3 is 11.9 Å². The third-order valence-electron chi connectivity index (χ3n) is 2.39. The predicted octanol–water partition coefficient (Wildman–Crippen LogP) is 0.857. The number of nitro benzene ring substituents is 1. The van der Waals surface area contributed by atoms with Crippen molar-refractivity contribution in [1.82, 2.24) is 5.32 Å². The Hall–Kier alpha value is -2.24. The fourth-order valence-corrected chi connectivity index (χ4v) is 1.99. The Morgan fingerprint density at radius 3 is 2.43 bits per heavy atom. The monoisotopic (exact) mass is 408 g/mol. The van der Waals surface area contributed by atoms with E-state index in [4.69, 9.17) is 10.2 Å². The Kier molecular flexibility index (Phi) is 5.58. The van der Waals surface area contributed by atoms with Crippen molar-refractivity contribution in [1.29, 1.82) is 0 Å². The van der Waals surface area contributed by atoms with Crippen LogP contribution in [0.2, 0.25) is 0 Å². The summed E-state index contributed by atoms with van der Waals surface area (Å²) in [5.41, 5.74) is -0.424. The van der Waals surface area contributed by atoms with Crippen LogP contribution in [0.25, 0.3) is 0 Å². The quantitative estimate of drug-likeness (QED) is 0.359. The van der Waals surface area contributed by atoms with Crippen LogP contribution in [0, 0.1) is 13.7 Å². The summed E-state index contributed by atoms with van der Waals surface area (Å²) in [7, 11) is 0. The van der Waals surface area contributed by atoms with Crippen LogP contribution in [0.3, 0.4) is 0 Å². The van der Waals surface area contributed by atoms with Crippen molar-refractivity contribution >= 4 is 46.1 Å². The first kappa shape index (κ1) is 16.8. The Bertz CT molecular complexity index is 617. The number of hydrogen-bond acceptors (Lipinski definition) is 5. The minimum Gasteiger partial charge on any atom is -0.481 e. The number of halogens is 1. The third kappa shape index (κ3) is 4.66. The standard InChI is InChI=1S/C11H9IN2O7/c12-7-2-1-5(14(20)21)3-6(7)10(17)13-8(11(18)19)4-9(15)16/h1-3,8H,4H2,(H,13,17)(H,15,16)(H,18,19). The van der Waals surface area contributed by atoms with Crippen LogP contribution in [0.1, 0.15) is 16.8 Å². The number of rotatable bonds is 6. The highest BCUT2D eigenvalue weighted by Gasteiger charge is 2.25. The van der Waals surface area contributed by atoms with Crippen LogP contribution in [0.5, 0.6) is 0 Å². The van der Waals surface area contributed by atoms with Crippen LogP contribution in [-0.2, 0) is 9.59 Å². The van der Waals surface area contributed by atoms with Gasteiger partial charge in [-0.3, -0.25) is 19.7 Å². The van der Waals surface area contributed by atoms with E-state index in [-0.39, 0.29) is 11.3 Å². The van der Waals surface area contributed by atoms with E-state index >= 15 is 0 Å². The molecule has 1 amide bonds. The molecule has 1 rings (SSSR count). The molecule has 21 heavy (non-hydrogen) atoms. The van der Waals surface area contributed by atoms with E-state index < -0.39 is 35.2 Å². The maximum atomic E-state index is 11.9. The molecule has 0 spiro atoms. The highest BCUT2D eigenvalue weighted by atomic mass is 127. The van der Waals surface area contributed by atoms with Gasteiger partial charge in [-0.25, -0.2) is 4.79 Å². The third-order valence-corrected chi connectivity index (χ3v) is 3.33. The van der Waals surface area contributed by atoms with E-state index in [2.05, 4.69) is 0 Å². The summed E-state index contributed by atoms with van der Waals surface area (Å²) in [6.07, 6.45) is -0.799. The van der Waals surface area contributed by atoms with E-state index in [1.54, 1.807) is 22.6 Å². The highest BCUT2D eigenvalue weighted by molar-refractivity contribution is 14.1. The average Bonchev–Trinajstić information content (AvgIpc) is 2.37. The zero-order chi connectivity index (χ0) is 16.2. The average molecular weight is 408 g/mol. The fourth-order valence-electron chi connectivity index (χ4n) is 1.41. The number of benzene rings is 1. The second kappa shape index (κ2) is 6.97. The van der Waals surface area contributed by atoms with E-state index in [1.165, 1.54) is 12.1 Å². The zero-order valence-corrected chi connectivity index (χ0v) is 12.4. The lowest BCUT2D eigenvalue weighted by Gasteiger charge is -2.13. The summed E-state index contributed by atoms with van der Waals surface area (Å²) in [6, 6.07) is 1.91. The number of aliphatic carboxylic acids is 2. The molecule has 10 heteroatoms. The molecule has 0 aliphatic rings. The van der Waals surface area contributed by atoms with Crippen molar-refractivity contribution in [3.8, 4) is 0 Å². The van der Waals surface area contributed by atoms with Crippen LogP contribution in [0.15, 0.2) is 18.2 Å². The number of nitrogens with one attached hydrogen (secondary N) is 1. The fraction of sp³-hybridized carbons (Fsp3) is 0.182. The van der Waals surface area contributed by atoms with Crippen molar-refractivity contribution < 1.29 is 29.5 Å². The molecule has 0 bridgehead atoms. The van der Waals surface area contributed by atoms with Gasteiger partial charge in [-0.1, -0.05) is 0 Å². The summed E-state index contributed by atoms with van der Waals surface area (Å²) in [5.74, 6) is -3.79. The predicted molar refractivity (Wildman–Crippen MR) is 77.0 cm³/mol. The van der Waals surface area contributed by atoms with Crippen molar-refractivity contribution in [2.75, 3.05) is 0 Å². The number of carboxylic acid groups (broad SMARTS) is 2. The molecule has 1 aromatic carbocycles. The molecule has 0 aliphatic carbocycles. The van der Waals surface area contributed by atoms with Crippen molar-refractivity contribution in [3.05, 3.63) is 37.4 Å². The van der Waals surface area contributed by atoms with Crippen molar-refractivity contribution in [2.45, 2.75) is 12.5 Å². The second-order valence-electron chi connectivity index (χ2n) is 3.88. The van der Waals surface area contributed by atoms with Gasteiger partial charge in [0.25, 0.3) is 11.6 Å². The Morgan fingerprint density at radius 1 is 1.33 bits per heavy atom. The zero-order valence-electron chi connectivity index (χ0n) is 10.3. The van der Waals surface area contributed by atoms with Gasteiger partial charge in [0.15, 0.2) is 0 Å². The summed E-state index contributed by atoms with van der Waals surface area (Å²) in [5, 5.41) is 30.1. The molecule has 0 aromatic heterocycles. The van der Waals surface area contributed by atoms with E-state index in [1.807, 2.05) is 5.32 Å². The summed E-state index contributed by atoms with van der Waals surface area (Å²) in [6.45, 7) is 0. The smallest absolute Gasteiger partial charge is 0.326 e. The van der Waals surface area contributed by atoms with Crippen LogP contribution >= 0.6 is 22.6 Å². The van der Waals surface area contributed by atoms with Gasteiger partial charge in [0.05, 0.1) is 16.9 Å². The number of amides is 1. The molecule has 1 aromatic rings. The van der Waals surface area contributed by atoms with Crippen molar-refractivity contribution in [2.24, 2.45) is 0 Å². The minimum atomic E-state index is -1.62. The molecule has 0 radical (unpaired) electrons. The molecule has 0 saturated carbocycles.